The molecule has 0 saturated carbocycles. The van der Waals surface area contributed by atoms with Gasteiger partial charge in [-0.2, -0.15) is 5.26 Å². The first-order valence-corrected chi connectivity index (χ1v) is 9.85. The van der Waals surface area contributed by atoms with Gasteiger partial charge < -0.3 is 14.8 Å². The van der Waals surface area contributed by atoms with Gasteiger partial charge >= 0.3 is 0 Å². The van der Waals surface area contributed by atoms with Crippen LogP contribution in [0.25, 0.3) is 0 Å². The molecule has 0 unspecified atom stereocenters. The number of nitrogens with one attached hydrogen (secondary N) is 1. The molecule has 0 bridgehead atoms. The molecule has 1 aromatic heterocycles. The maximum Gasteiger partial charge on any atom is 0.239 e. The van der Waals surface area contributed by atoms with E-state index in [0.717, 1.165) is 55.8 Å². The van der Waals surface area contributed by atoms with Crippen molar-refractivity contribution in [1.29, 1.82) is 5.26 Å². The maximum atomic E-state index is 12.5. The lowest BCUT2D eigenvalue weighted by molar-refractivity contribution is -0.185. The first kappa shape index (κ1) is 17.0. The minimum Gasteiger partial charge on any atom is -0.347 e. The molecule has 2 fully saturated rings. The zero-order chi connectivity index (χ0) is 17.3. The van der Waals surface area contributed by atoms with Crippen LogP contribution in [0.5, 0.6) is 0 Å². The van der Waals surface area contributed by atoms with Gasteiger partial charge in [0, 0.05) is 30.8 Å². The number of piperidine rings is 1. The number of anilines is 1. The second kappa shape index (κ2) is 7.04. The number of hydrogen-bond acceptors (Lipinski definition) is 6. The number of nitrogens with zero attached hydrogens (tertiary/aromatic N) is 2. The number of carbonyl (C=O) groups is 1. The van der Waals surface area contributed by atoms with E-state index in [1.165, 1.54) is 11.3 Å². The number of likely N-dealkylation sites (tertiary alicyclic amines) is 1. The minimum absolute atomic E-state index is 0.0423. The second-order valence-corrected chi connectivity index (χ2v) is 8.06. The van der Waals surface area contributed by atoms with E-state index in [1.54, 1.807) is 11.3 Å². The van der Waals surface area contributed by atoms with Crippen molar-refractivity contribution in [3.63, 3.8) is 0 Å². The molecule has 1 N–H and O–H groups in total. The van der Waals surface area contributed by atoms with Crippen LogP contribution in [0.1, 0.15) is 41.7 Å². The number of ether oxygens (including phenoxy) is 2. The summed E-state index contributed by atoms with van der Waals surface area (Å²) in [4.78, 5) is 15.9. The maximum absolute atomic E-state index is 12.5. The highest BCUT2D eigenvalue weighted by Gasteiger charge is 2.40. The molecular weight excluding hydrogens is 338 g/mol. The molecule has 2 saturated heterocycles. The van der Waals surface area contributed by atoms with Gasteiger partial charge in [0.2, 0.25) is 5.91 Å². The average Bonchev–Trinajstić information content (AvgIpc) is 3.21. The molecule has 3 heterocycles. The molecule has 3 aliphatic rings. The number of amides is 1. The van der Waals surface area contributed by atoms with Crippen LogP contribution < -0.4 is 5.32 Å². The third-order valence-corrected chi connectivity index (χ3v) is 6.54. The SMILES string of the molecule is N#Cc1c(NC(=O)CN2CCC3(CC2)OCCO3)sc2c1CCCC2. The van der Waals surface area contributed by atoms with Crippen LogP contribution in [0, 0.1) is 11.3 Å². The molecule has 25 heavy (non-hydrogen) atoms. The summed E-state index contributed by atoms with van der Waals surface area (Å²) in [6, 6.07) is 2.29. The molecule has 134 valence electrons. The van der Waals surface area contributed by atoms with E-state index in [9.17, 15) is 10.1 Å². The molecule has 1 amide bonds. The Balaban J connectivity index is 1.35. The highest BCUT2D eigenvalue weighted by molar-refractivity contribution is 7.16. The summed E-state index contributed by atoms with van der Waals surface area (Å²) in [5.74, 6) is -0.451. The predicted octanol–water partition coefficient (Wildman–Crippen LogP) is 2.28. The van der Waals surface area contributed by atoms with Gasteiger partial charge in [-0.3, -0.25) is 9.69 Å². The van der Waals surface area contributed by atoms with Gasteiger partial charge in [0.1, 0.15) is 11.1 Å². The van der Waals surface area contributed by atoms with Crippen molar-refractivity contribution in [3.8, 4) is 6.07 Å². The Morgan fingerprint density at radius 3 is 2.68 bits per heavy atom. The van der Waals surface area contributed by atoms with Gasteiger partial charge in [-0.25, -0.2) is 0 Å². The standard InChI is InChI=1S/C18H23N3O3S/c19-11-14-13-3-1-2-4-15(13)25-17(14)20-16(22)12-21-7-5-18(6-8-21)23-9-10-24-18/h1-10,12H2,(H,20,22). The van der Waals surface area contributed by atoms with Crippen LogP contribution in [-0.4, -0.2) is 49.4 Å². The van der Waals surface area contributed by atoms with Gasteiger partial charge in [0.15, 0.2) is 5.79 Å². The molecule has 4 rings (SSSR count). The normalized spacial score (nSPS) is 22.5. The Bertz CT molecular complexity index is 693. The van der Waals surface area contributed by atoms with Crippen LogP contribution in [-0.2, 0) is 27.1 Å². The van der Waals surface area contributed by atoms with Crippen LogP contribution in [0.4, 0.5) is 5.00 Å². The predicted molar refractivity (Wildman–Crippen MR) is 94.6 cm³/mol. The number of aryl methyl sites for hydroxylation is 1. The fourth-order valence-corrected chi connectivity index (χ4v) is 5.23. The summed E-state index contributed by atoms with van der Waals surface area (Å²) in [6.07, 6.45) is 5.89. The van der Waals surface area contributed by atoms with Crippen molar-refractivity contribution in [2.24, 2.45) is 0 Å². The largest absolute Gasteiger partial charge is 0.347 e. The zero-order valence-electron chi connectivity index (χ0n) is 14.3. The van der Waals surface area contributed by atoms with Crippen molar-refractivity contribution in [1.82, 2.24) is 4.90 Å². The number of hydrogen-bond donors (Lipinski definition) is 1. The number of thiophene rings is 1. The van der Waals surface area contributed by atoms with Crippen LogP contribution >= 0.6 is 11.3 Å². The zero-order valence-corrected chi connectivity index (χ0v) is 15.1. The van der Waals surface area contributed by atoms with Crippen molar-refractivity contribution < 1.29 is 14.3 Å². The quantitative estimate of drug-likeness (QED) is 0.894. The third-order valence-electron chi connectivity index (χ3n) is 5.33. The van der Waals surface area contributed by atoms with E-state index in [0.29, 0.717) is 25.3 Å². The average molecular weight is 361 g/mol. The first-order valence-electron chi connectivity index (χ1n) is 9.04. The third kappa shape index (κ3) is 3.44. The van der Waals surface area contributed by atoms with Crippen LogP contribution in [0.15, 0.2) is 0 Å². The molecule has 0 aromatic carbocycles. The van der Waals surface area contributed by atoms with Crippen molar-refractivity contribution in [3.05, 3.63) is 16.0 Å². The van der Waals surface area contributed by atoms with E-state index < -0.39 is 5.79 Å². The van der Waals surface area contributed by atoms with E-state index in [2.05, 4.69) is 16.3 Å². The Kier molecular flexibility index (Phi) is 4.78. The van der Waals surface area contributed by atoms with Gasteiger partial charge in [-0.05, 0) is 31.2 Å². The van der Waals surface area contributed by atoms with Gasteiger partial charge in [-0.15, -0.1) is 11.3 Å². The minimum atomic E-state index is -0.409. The molecule has 1 aromatic rings. The Hall–Kier alpha value is -1.46. The highest BCUT2D eigenvalue weighted by Crippen LogP contribution is 2.37. The molecule has 6 nitrogen and oxygen atoms in total. The molecule has 2 aliphatic heterocycles. The number of fused-ring (bicyclic) bond motifs is 1. The smallest absolute Gasteiger partial charge is 0.239 e. The van der Waals surface area contributed by atoms with Crippen molar-refractivity contribution in [2.45, 2.75) is 44.3 Å². The fraction of sp³-hybridized carbons (Fsp3) is 0.667. The Morgan fingerprint density at radius 2 is 1.96 bits per heavy atom. The molecule has 1 spiro atoms. The molecule has 0 atom stereocenters. The Labute approximate surface area is 151 Å². The highest BCUT2D eigenvalue weighted by atomic mass is 32.1. The topological polar surface area (TPSA) is 74.6 Å². The summed E-state index contributed by atoms with van der Waals surface area (Å²) in [7, 11) is 0. The summed E-state index contributed by atoms with van der Waals surface area (Å²) in [6.45, 7) is 3.27. The van der Waals surface area contributed by atoms with Crippen molar-refractivity contribution >= 4 is 22.2 Å². The summed E-state index contributed by atoms with van der Waals surface area (Å²) < 4.78 is 11.4. The monoisotopic (exact) mass is 361 g/mol. The van der Waals surface area contributed by atoms with E-state index >= 15 is 0 Å². The lowest BCUT2D eigenvalue weighted by Gasteiger charge is -2.37. The van der Waals surface area contributed by atoms with Crippen molar-refractivity contribution in [2.75, 3.05) is 38.2 Å². The molecule has 0 radical (unpaired) electrons. The lowest BCUT2D eigenvalue weighted by Crippen LogP contribution is -2.47. The van der Waals surface area contributed by atoms with E-state index in [1.807, 2.05) is 0 Å². The van der Waals surface area contributed by atoms with E-state index in [-0.39, 0.29) is 5.91 Å². The summed E-state index contributed by atoms with van der Waals surface area (Å²) in [5, 5.41) is 13.2. The summed E-state index contributed by atoms with van der Waals surface area (Å²) >= 11 is 1.58. The molecular formula is C18H23N3O3S. The molecule has 1 aliphatic carbocycles. The summed E-state index contributed by atoms with van der Waals surface area (Å²) in [5.41, 5.74) is 1.84. The van der Waals surface area contributed by atoms with Crippen LogP contribution in [0.3, 0.4) is 0 Å². The fourth-order valence-electron chi connectivity index (χ4n) is 3.98. The number of nitriles is 1. The number of carbonyl (C=O) groups excluding carboxylic acids is 1. The molecule has 7 heteroatoms. The Morgan fingerprint density at radius 1 is 1.24 bits per heavy atom. The number of rotatable bonds is 3. The first-order chi connectivity index (χ1) is 12.2. The lowest BCUT2D eigenvalue weighted by atomic mass is 9.96. The van der Waals surface area contributed by atoms with Crippen LogP contribution in [0.2, 0.25) is 0 Å². The van der Waals surface area contributed by atoms with E-state index in [4.69, 9.17) is 9.47 Å². The second-order valence-electron chi connectivity index (χ2n) is 6.96. The van der Waals surface area contributed by atoms with Gasteiger partial charge in [0.05, 0.1) is 25.3 Å². The van der Waals surface area contributed by atoms with Gasteiger partial charge in [0.25, 0.3) is 0 Å². The van der Waals surface area contributed by atoms with Gasteiger partial charge in [-0.1, -0.05) is 0 Å².